The summed E-state index contributed by atoms with van der Waals surface area (Å²) in [6, 6.07) is 0. The maximum atomic E-state index is 15.4. The Morgan fingerprint density at radius 3 is 1.96 bits per heavy atom. The predicted octanol–water partition coefficient (Wildman–Crippen LogP) is -0.616. The Kier molecular flexibility index (Phi) is 15.4. The fourth-order valence-electron chi connectivity index (χ4n) is 15.7. The second-order valence-corrected chi connectivity index (χ2v) is 25.2. The maximum Gasteiger partial charge on any atom is 0.315 e. The van der Waals surface area contributed by atoms with Crippen LogP contribution < -0.4 is 0 Å². The molecule has 0 aromatic carbocycles. The third-order valence-corrected chi connectivity index (χ3v) is 20.6. The van der Waals surface area contributed by atoms with Crippen LogP contribution in [0.2, 0.25) is 0 Å². The van der Waals surface area contributed by atoms with Crippen LogP contribution in [0, 0.1) is 44.8 Å². The van der Waals surface area contributed by atoms with Gasteiger partial charge in [-0.2, -0.15) is 0 Å². The first-order valence-corrected chi connectivity index (χ1v) is 26.7. The van der Waals surface area contributed by atoms with E-state index in [0.29, 0.717) is 32.1 Å². The normalized spacial score (nSPS) is 56.0. The van der Waals surface area contributed by atoms with Gasteiger partial charge in [0.15, 0.2) is 25.0 Å². The number of aliphatic hydroxyl groups excluding tert-OH is 11. The molecule has 0 spiro atoms. The van der Waals surface area contributed by atoms with Crippen LogP contribution in [0.3, 0.4) is 0 Å². The van der Waals surface area contributed by atoms with Crippen molar-refractivity contribution in [3.63, 3.8) is 0 Å². The van der Waals surface area contributed by atoms with Gasteiger partial charge in [0, 0.05) is 0 Å². The van der Waals surface area contributed by atoms with E-state index >= 15 is 4.79 Å². The van der Waals surface area contributed by atoms with Gasteiger partial charge in [-0.05, 0) is 124 Å². The Hall–Kier alpha value is -1.55. The molecule has 21 heteroatoms. The van der Waals surface area contributed by atoms with E-state index in [0.717, 1.165) is 32.1 Å². The van der Waals surface area contributed by atoms with Crippen molar-refractivity contribution in [3.05, 3.63) is 11.6 Å². The van der Waals surface area contributed by atoms with Crippen molar-refractivity contribution in [1.29, 1.82) is 0 Å². The second kappa shape index (κ2) is 20.0. The molecule has 0 aromatic rings. The van der Waals surface area contributed by atoms with Crippen LogP contribution >= 0.6 is 0 Å². The van der Waals surface area contributed by atoms with Gasteiger partial charge in [0.05, 0.1) is 42.5 Å². The lowest BCUT2D eigenvalue weighted by molar-refractivity contribution is -0.394. The summed E-state index contributed by atoms with van der Waals surface area (Å²) in [7, 11) is 0. The molecule has 9 aliphatic rings. The van der Waals surface area contributed by atoms with Crippen LogP contribution in [0.5, 0.6) is 0 Å². The SMILES string of the molecule is CC1OC(OC(=O)C23CCC(C)(C)CC2C2=CCC4C5(C)CCC(O)C(C)(O)C5CCC4(C)C2(C)CC3)C(OC2OC(C)C(OC3OCC(O)C(O)C3O)C(OC3OC(CO)C(O)C(O)C3O)C2O)C(O)C1O. The van der Waals surface area contributed by atoms with E-state index in [9.17, 15) is 61.3 Å². The van der Waals surface area contributed by atoms with E-state index in [-0.39, 0.29) is 39.4 Å². The third kappa shape index (κ3) is 9.10. The number of carbonyl (C=O) groups is 1. The smallest absolute Gasteiger partial charge is 0.315 e. The number of hydrogen-bond acceptors (Lipinski definition) is 21. The quantitative estimate of drug-likeness (QED) is 0.101. The van der Waals surface area contributed by atoms with Crippen molar-refractivity contribution in [2.24, 2.45) is 44.8 Å². The van der Waals surface area contributed by atoms with E-state index in [1.807, 2.05) is 0 Å². The molecular formula is C52H84O21. The Labute approximate surface area is 426 Å². The molecule has 0 radical (unpaired) electrons. The molecule has 28 atom stereocenters. The Balaban J connectivity index is 0.994. The zero-order chi connectivity index (χ0) is 53.3. The Bertz CT molecular complexity index is 2020. The first-order chi connectivity index (χ1) is 34.1. The van der Waals surface area contributed by atoms with Gasteiger partial charge in [-0.15, -0.1) is 0 Å². The molecular weight excluding hydrogens is 961 g/mol. The van der Waals surface area contributed by atoms with Crippen molar-refractivity contribution in [1.82, 2.24) is 0 Å². The summed E-state index contributed by atoms with van der Waals surface area (Å²) >= 11 is 0. The molecule has 4 heterocycles. The minimum atomic E-state index is -1.99. The fraction of sp³-hybridized carbons (Fsp3) is 0.942. The van der Waals surface area contributed by atoms with Gasteiger partial charge in [-0.25, -0.2) is 0 Å². The molecule has 12 N–H and O–H groups in total. The van der Waals surface area contributed by atoms with E-state index in [1.165, 1.54) is 19.4 Å². The lowest BCUT2D eigenvalue weighted by Gasteiger charge is -2.70. The maximum absolute atomic E-state index is 15.4. The molecule has 0 bridgehead atoms. The minimum absolute atomic E-state index is 0.0662. The highest BCUT2D eigenvalue weighted by atomic mass is 16.8. The Morgan fingerprint density at radius 2 is 1.26 bits per heavy atom. The zero-order valence-corrected chi connectivity index (χ0v) is 43.4. The molecule has 9 rings (SSSR count). The van der Waals surface area contributed by atoms with Gasteiger partial charge in [-0.3, -0.25) is 4.79 Å². The first kappa shape index (κ1) is 56.2. The van der Waals surface area contributed by atoms with E-state index < -0.39 is 153 Å². The highest BCUT2D eigenvalue weighted by Crippen LogP contribution is 2.75. The number of allylic oxidation sites excluding steroid dienone is 2. The summed E-state index contributed by atoms with van der Waals surface area (Å²) < 4.78 is 48.3. The summed E-state index contributed by atoms with van der Waals surface area (Å²) in [6.45, 7) is 15.0. The second-order valence-electron chi connectivity index (χ2n) is 25.2. The van der Waals surface area contributed by atoms with Crippen molar-refractivity contribution < 1.29 is 104 Å². The average molecular weight is 1050 g/mol. The summed E-state index contributed by atoms with van der Waals surface area (Å²) in [5.74, 6) is -0.623. The molecule has 4 saturated carbocycles. The largest absolute Gasteiger partial charge is 0.432 e. The third-order valence-electron chi connectivity index (χ3n) is 20.6. The average Bonchev–Trinajstić information content (AvgIpc) is 3.33. The summed E-state index contributed by atoms with van der Waals surface area (Å²) in [5.41, 5.74) is -1.81. The molecule has 0 aromatic heterocycles. The molecule has 28 unspecified atom stereocenters. The number of esters is 1. The number of ether oxygens (including phenoxy) is 8. The molecule has 0 amide bonds. The molecule has 8 fully saturated rings. The lowest BCUT2D eigenvalue weighted by Crippen LogP contribution is -2.67. The van der Waals surface area contributed by atoms with Crippen LogP contribution in [0.1, 0.15) is 120 Å². The van der Waals surface area contributed by atoms with Crippen LogP contribution in [0.15, 0.2) is 11.6 Å². The predicted molar refractivity (Wildman–Crippen MR) is 251 cm³/mol. The minimum Gasteiger partial charge on any atom is -0.432 e. The summed E-state index contributed by atoms with van der Waals surface area (Å²) in [6.07, 6.45) is -23.0. The van der Waals surface area contributed by atoms with Crippen LogP contribution in [-0.4, -0.2) is 209 Å². The van der Waals surface area contributed by atoms with E-state index in [1.54, 1.807) is 6.92 Å². The van der Waals surface area contributed by atoms with Gasteiger partial charge in [-0.1, -0.05) is 46.3 Å². The van der Waals surface area contributed by atoms with E-state index in [2.05, 4.69) is 40.7 Å². The number of rotatable bonds is 9. The molecule has 4 saturated heterocycles. The molecule has 4 aliphatic heterocycles. The van der Waals surface area contributed by atoms with Crippen LogP contribution in [0.4, 0.5) is 0 Å². The van der Waals surface area contributed by atoms with Crippen LogP contribution in [0.25, 0.3) is 0 Å². The van der Waals surface area contributed by atoms with Gasteiger partial charge in [0.1, 0.15) is 73.2 Å². The number of carbonyl (C=O) groups excluding carboxylic acids is 1. The number of fused-ring (bicyclic) bond motifs is 7. The molecule has 5 aliphatic carbocycles. The van der Waals surface area contributed by atoms with Gasteiger partial charge in [0.2, 0.25) is 6.29 Å². The van der Waals surface area contributed by atoms with Crippen molar-refractivity contribution in [2.45, 2.75) is 248 Å². The van der Waals surface area contributed by atoms with Gasteiger partial charge in [0.25, 0.3) is 0 Å². The van der Waals surface area contributed by atoms with Gasteiger partial charge < -0.3 is 99.2 Å². The standard InChI is InChI=1S/C52H84O21/c1-22-31(56)35(60)41(72-44-38(63)40(71-43-37(62)34(59)33(58)27(20-53)69-43)39(23(2)68-44)70-42-36(61)32(57)26(54)21-66-42)45(67-22)73-46(64)52-17-15-47(3,4)19-25(52)24-9-10-28-48(5)13-12-30(55)51(8,65)29(48)11-14-50(28,7)49(24,6)16-18-52/h9,22-23,25-45,53-63,65H,10-21H2,1-8H3. The van der Waals surface area contributed by atoms with Crippen molar-refractivity contribution in [3.8, 4) is 0 Å². The topological polar surface area (TPSA) is 334 Å². The monoisotopic (exact) mass is 1040 g/mol. The highest BCUT2D eigenvalue weighted by molar-refractivity contribution is 5.79. The number of hydrogen-bond donors (Lipinski definition) is 12. The zero-order valence-electron chi connectivity index (χ0n) is 43.4. The van der Waals surface area contributed by atoms with Crippen molar-refractivity contribution >= 4 is 5.97 Å². The number of aliphatic hydroxyl groups is 12. The van der Waals surface area contributed by atoms with Crippen LogP contribution in [-0.2, 0) is 42.7 Å². The van der Waals surface area contributed by atoms with Crippen molar-refractivity contribution in [2.75, 3.05) is 13.2 Å². The Morgan fingerprint density at radius 1 is 0.630 bits per heavy atom. The summed E-state index contributed by atoms with van der Waals surface area (Å²) in [5, 5.41) is 131. The first-order valence-electron chi connectivity index (χ1n) is 26.7. The highest BCUT2D eigenvalue weighted by Gasteiger charge is 2.70. The molecule has 21 nitrogen and oxygen atoms in total. The summed E-state index contributed by atoms with van der Waals surface area (Å²) in [4.78, 5) is 15.4. The fourth-order valence-corrected chi connectivity index (χ4v) is 15.7. The van der Waals surface area contributed by atoms with E-state index in [4.69, 9.17) is 37.9 Å². The molecule has 418 valence electrons. The lowest BCUT2D eigenvalue weighted by atomic mass is 9.34. The van der Waals surface area contributed by atoms with Gasteiger partial charge >= 0.3 is 5.97 Å². The molecule has 73 heavy (non-hydrogen) atoms.